The monoisotopic (exact) mass is 165 g/mol. The Bertz CT molecular complexity index is 121. The van der Waals surface area contributed by atoms with Crippen LogP contribution in [-0.2, 0) is 4.74 Å². The summed E-state index contributed by atoms with van der Waals surface area (Å²) in [5, 5.41) is 0. The van der Waals surface area contributed by atoms with Gasteiger partial charge in [-0.25, -0.2) is 0 Å². The highest BCUT2D eigenvalue weighted by molar-refractivity contribution is 4.71. The van der Waals surface area contributed by atoms with Gasteiger partial charge >= 0.3 is 6.61 Å². The van der Waals surface area contributed by atoms with Crippen LogP contribution in [-0.4, -0.2) is 38.3 Å². The number of hydrogen-bond donors (Lipinski definition) is 0. The Hall–Kier alpha value is -0.220. The minimum Gasteiger partial charge on any atom is -0.323 e. The van der Waals surface area contributed by atoms with Gasteiger partial charge in [-0.15, -0.1) is 0 Å². The Morgan fingerprint density at radius 3 is 2.82 bits per heavy atom. The molecule has 1 rings (SSSR count). The van der Waals surface area contributed by atoms with Crippen LogP contribution >= 0.6 is 0 Å². The Morgan fingerprint density at radius 1 is 1.64 bits per heavy atom. The minimum atomic E-state index is -2.61. The molecule has 0 aromatic carbocycles. The van der Waals surface area contributed by atoms with Gasteiger partial charge in [0.15, 0.2) is 0 Å². The molecule has 0 bridgehead atoms. The Morgan fingerprint density at radius 2 is 2.36 bits per heavy atom. The summed E-state index contributed by atoms with van der Waals surface area (Å²) < 4.78 is 27.3. The number of alkyl halides is 2. The molecule has 0 aromatic rings. The van der Waals surface area contributed by atoms with Crippen LogP contribution in [0, 0.1) is 5.92 Å². The molecule has 0 spiro atoms. The number of nitrogens with zero attached hydrogens (tertiary/aromatic N) is 1. The van der Waals surface area contributed by atoms with Crippen molar-refractivity contribution in [3.8, 4) is 0 Å². The van der Waals surface area contributed by atoms with Crippen LogP contribution in [0.1, 0.15) is 6.42 Å². The third kappa shape index (κ3) is 3.12. The van der Waals surface area contributed by atoms with Crippen LogP contribution in [0.15, 0.2) is 0 Å². The fraction of sp³-hybridized carbons (Fsp3) is 1.00. The lowest BCUT2D eigenvalue weighted by Gasteiger charge is -2.09. The second-order valence-corrected chi connectivity index (χ2v) is 3.01. The molecule has 1 aliphatic rings. The van der Waals surface area contributed by atoms with E-state index in [2.05, 4.69) is 9.64 Å². The van der Waals surface area contributed by atoms with E-state index in [1.54, 1.807) is 0 Å². The summed E-state index contributed by atoms with van der Waals surface area (Å²) >= 11 is 0. The topological polar surface area (TPSA) is 12.5 Å². The Kier molecular flexibility index (Phi) is 3.20. The molecule has 0 saturated carbocycles. The first kappa shape index (κ1) is 8.87. The van der Waals surface area contributed by atoms with Gasteiger partial charge < -0.3 is 9.64 Å². The molecule has 0 radical (unpaired) electrons. The molecular formula is C7H13F2NO. The lowest BCUT2D eigenvalue weighted by molar-refractivity contribution is -0.137. The third-order valence-corrected chi connectivity index (χ3v) is 1.95. The van der Waals surface area contributed by atoms with Crippen molar-refractivity contribution in [1.82, 2.24) is 4.90 Å². The van der Waals surface area contributed by atoms with E-state index in [9.17, 15) is 8.78 Å². The van der Waals surface area contributed by atoms with Crippen LogP contribution in [0.25, 0.3) is 0 Å². The lowest BCUT2D eigenvalue weighted by atomic mass is 10.1. The van der Waals surface area contributed by atoms with Gasteiger partial charge in [0, 0.05) is 6.54 Å². The first-order chi connectivity index (χ1) is 5.18. The lowest BCUT2D eigenvalue weighted by Crippen LogP contribution is -2.17. The zero-order valence-electron chi connectivity index (χ0n) is 6.59. The SMILES string of the molecule is CN1CCC(COC(F)F)C1. The molecule has 2 nitrogen and oxygen atoms in total. The van der Waals surface area contributed by atoms with Crippen molar-refractivity contribution in [2.24, 2.45) is 5.92 Å². The van der Waals surface area contributed by atoms with E-state index in [1.165, 1.54) is 0 Å². The molecule has 11 heavy (non-hydrogen) atoms. The summed E-state index contributed by atoms with van der Waals surface area (Å²) in [5.41, 5.74) is 0. The van der Waals surface area contributed by atoms with E-state index < -0.39 is 6.61 Å². The minimum absolute atomic E-state index is 0.196. The molecule has 1 fully saturated rings. The molecule has 0 N–H and O–H groups in total. The predicted molar refractivity (Wildman–Crippen MR) is 37.6 cm³/mol. The molecule has 1 unspecified atom stereocenters. The fourth-order valence-electron chi connectivity index (χ4n) is 1.37. The molecule has 1 saturated heterocycles. The van der Waals surface area contributed by atoms with Gasteiger partial charge in [-0.2, -0.15) is 8.78 Å². The number of likely N-dealkylation sites (tertiary alicyclic amines) is 1. The summed E-state index contributed by atoms with van der Waals surface area (Å²) in [7, 11) is 1.99. The van der Waals surface area contributed by atoms with E-state index in [1.807, 2.05) is 7.05 Å². The Balaban J connectivity index is 2.08. The van der Waals surface area contributed by atoms with Crippen LogP contribution in [0.2, 0.25) is 0 Å². The molecular weight excluding hydrogens is 152 g/mol. The summed E-state index contributed by atoms with van der Waals surface area (Å²) in [6, 6.07) is 0. The summed E-state index contributed by atoms with van der Waals surface area (Å²) in [5.74, 6) is 0.300. The van der Waals surface area contributed by atoms with Gasteiger partial charge in [-0.3, -0.25) is 0 Å². The molecule has 1 aliphatic heterocycles. The van der Waals surface area contributed by atoms with Crippen LogP contribution in [0.3, 0.4) is 0 Å². The second kappa shape index (κ2) is 3.97. The maximum absolute atomic E-state index is 11.5. The quantitative estimate of drug-likeness (QED) is 0.622. The molecule has 0 aromatic heterocycles. The molecule has 1 heterocycles. The number of halogens is 2. The van der Waals surface area contributed by atoms with E-state index in [4.69, 9.17) is 0 Å². The van der Waals surface area contributed by atoms with E-state index in [0.29, 0.717) is 5.92 Å². The maximum atomic E-state index is 11.5. The van der Waals surface area contributed by atoms with E-state index >= 15 is 0 Å². The van der Waals surface area contributed by atoms with Gasteiger partial charge in [0.05, 0.1) is 6.61 Å². The van der Waals surface area contributed by atoms with E-state index in [-0.39, 0.29) is 6.61 Å². The maximum Gasteiger partial charge on any atom is 0.345 e. The molecule has 1 atom stereocenters. The number of rotatable bonds is 3. The smallest absolute Gasteiger partial charge is 0.323 e. The molecule has 4 heteroatoms. The number of ether oxygens (including phenoxy) is 1. The van der Waals surface area contributed by atoms with Crippen molar-refractivity contribution < 1.29 is 13.5 Å². The molecule has 0 aliphatic carbocycles. The van der Waals surface area contributed by atoms with Crippen molar-refractivity contribution in [1.29, 1.82) is 0 Å². The first-order valence-electron chi connectivity index (χ1n) is 3.77. The van der Waals surface area contributed by atoms with Gasteiger partial charge in [-0.1, -0.05) is 0 Å². The zero-order chi connectivity index (χ0) is 8.27. The second-order valence-electron chi connectivity index (χ2n) is 3.01. The van der Waals surface area contributed by atoms with Crippen molar-refractivity contribution in [2.75, 3.05) is 26.7 Å². The average molecular weight is 165 g/mol. The van der Waals surface area contributed by atoms with Gasteiger partial charge in [0.25, 0.3) is 0 Å². The average Bonchev–Trinajstić information content (AvgIpc) is 2.31. The summed E-state index contributed by atoms with van der Waals surface area (Å²) in [4.78, 5) is 2.12. The van der Waals surface area contributed by atoms with Gasteiger partial charge in [0.1, 0.15) is 0 Å². The first-order valence-corrected chi connectivity index (χ1v) is 3.77. The zero-order valence-corrected chi connectivity index (χ0v) is 6.59. The summed E-state index contributed by atoms with van der Waals surface area (Å²) in [6.07, 6.45) is 0.975. The van der Waals surface area contributed by atoms with Gasteiger partial charge in [-0.05, 0) is 25.9 Å². The highest BCUT2D eigenvalue weighted by Crippen LogP contribution is 2.15. The van der Waals surface area contributed by atoms with E-state index in [0.717, 1.165) is 19.5 Å². The highest BCUT2D eigenvalue weighted by Gasteiger charge is 2.20. The van der Waals surface area contributed by atoms with Crippen molar-refractivity contribution in [3.05, 3.63) is 0 Å². The normalized spacial score (nSPS) is 26.7. The highest BCUT2D eigenvalue weighted by atomic mass is 19.3. The molecule has 0 amide bonds. The van der Waals surface area contributed by atoms with Crippen molar-refractivity contribution >= 4 is 0 Å². The molecule has 66 valence electrons. The standard InChI is InChI=1S/C7H13F2NO/c1-10-3-2-6(4-10)5-11-7(8)9/h6-7H,2-5H2,1H3. The van der Waals surface area contributed by atoms with Crippen LogP contribution in [0.5, 0.6) is 0 Å². The predicted octanol–water partition coefficient (Wildman–Crippen LogP) is 1.18. The largest absolute Gasteiger partial charge is 0.345 e. The van der Waals surface area contributed by atoms with Crippen LogP contribution in [0.4, 0.5) is 8.78 Å². The van der Waals surface area contributed by atoms with Crippen molar-refractivity contribution in [3.63, 3.8) is 0 Å². The van der Waals surface area contributed by atoms with Crippen LogP contribution < -0.4 is 0 Å². The van der Waals surface area contributed by atoms with Gasteiger partial charge in [0.2, 0.25) is 0 Å². The number of hydrogen-bond acceptors (Lipinski definition) is 2. The third-order valence-electron chi connectivity index (χ3n) is 1.95. The Labute approximate surface area is 65.1 Å². The van der Waals surface area contributed by atoms with Crippen molar-refractivity contribution in [2.45, 2.75) is 13.0 Å². The fourth-order valence-corrected chi connectivity index (χ4v) is 1.37. The summed E-state index contributed by atoms with van der Waals surface area (Å²) in [6.45, 7) is -0.535.